The molecule has 2 nitrogen and oxygen atoms in total. The van der Waals surface area contributed by atoms with Crippen molar-refractivity contribution in [2.24, 2.45) is 0 Å². The van der Waals surface area contributed by atoms with Crippen LogP contribution >= 0.6 is 0 Å². The molecule has 1 atom stereocenters. The van der Waals surface area contributed by atoms with Crippen LogP contribution in [-0.4, -0.2) is 31.7 Å². The van der Waals surface area contributed by atoms with Crippen LogP contribution in [0.4, 0.5) is 8.78 Å². The predicted molar refractivity (Wildman–Crippen MR) is 42.5 cm³/mol. The van der Waals surface area contributed by atoms with Crippen LogP contribution in [0.15, 0.2) is 0 Å². The van der Waals surface area contributed by atoms with E-state index in [0.717, 1.165) is 26.3 Å². The fourth-order valence-corrected chi connectivity index (χ4v) is 1.23. The Balaban J connectivity index is 2.13. The van der Waals surface area contributed by atoms with Gasteiger partial charge in [-0.1, -0.05) is 0 Å². The summed E-state index contributed by atoms with van der Waals surface area (Å²) in [7, 11) is 0. The summed E-state index contributed by atoms with van der Waals surface area (Å²) in [5, 5.41) is 3.10. The molecule has 0 aromatic rings. The molecule has 0 saturated carbocycles. The molecule has 1 aliphatic heterocycles. The molecule has 0 bridgehead atoms. The Morgan fingerprint density at radius 3 is 2.83 bits per heavy atom. The lowest BCUT2D eigenvalue weighted by Gasteiger charge is -2.24. The average molecular weight is 179 g/mol. The van der Waals surface area contributed by atoms with Gasteiger partial charge in [-0.3, -0.25) is 0 Å². The van der Waals surface area contributed by atoms with Crippen LogP contribution in [0.2, 0.25) is 0 Å². The number of alkyl halides is 2. The lowest BCUT2D eigenvalue weighted by molar-refractivity contribution is -0.0907. The molecule has 12 heavy (non-hydrogen) atoms. The van der Waals surface area contributed by atoms with Gasteiger partial charge < -0.3 is 10.1 Å². The molecule has 1 rings (SSSR count). The van der Waals surface area contributed by atoms with Crippen LogP contribution in [0.3, 0.4) is 0 Å². The van der Waals surface area contributed by atoms with Gasteiger partial charge in [0, 0.05) is 13.5 Å². The number of halogens is 2. The summed E-state index contributed by atoms with van der Waals surface area (Å²) in [5.74, 6) is -2.70. The van der Waals surface area contributed by atoms with Crippen molar-refractivity contribution < 1.29 is 13.5 Å². The van der Waals surface area contributed by atoms with E-state index in [0.29, 0.717) is 6.54 Å². The Kier molecular flexibility index (Phi) is 3.40. The number of piperidine rings is 1. The molecule has 0 radical (unpaired) electrons. The van der Waals surface area contributed by atoms with Crippen LogP contribution in [0.5, 0.6) is 0 Å². The van der Waals surface area contributed by atoms with Crippen LogP contribution in [-0.2, 0) is 4.74 Å². The maximum absolute atomic E-state index is 12.3. The van der Waals surface area contributed by atoms with E-state index in [1.54, 1.807) is 0 Å². The lowest BCUT2D eigenvalue weighted by Crippen LogP contribution is -2.37. The van der Waals surface area contributed by atoms with E-state index >= 15 is 0 Å². The zero-order valence-electron chi connectivity index (χ0n) is 7.28. The first-order chi connectivity index (χ1) is 5.58. The minimum atomic E-state index is -2.70. The molecular weight excluding hydrogens is 164 g/mol. The molecule has 72 valence electrons. The monoisotopic (exact) mass is 179 g/mol. The van der Waals surface area contributed by atoms with Crippen molar-refractivity contribution in [1.29, 1.82) is 0 Å². The summed E-state index contributed by atoms with van der Waals surface area (Å²) in [5.41, 5.74) is 0. The van der Waals surface area contributed by atoms with Gasteiger partial charge >= 0.3 is 0 Å². The number of ether oxygens (including phenoxy) is 1. The zero-order valence-corrected chi connectivity index (χ0v) is 7.28. The Labute approximate surface area is 71.3 Å². The second kappa shape index (κ2) is 4.14. The fraction of sp³-hybridized carbons (Fsp3) is 1.00. The molecule has 1 saturated heterocycles. The standard InChI is InChI=1S/C8H15F2NO/c1-8(9,10)6-12-7-3-2-4-11-5-7/h7,11H,2-6H2,1H3. The van der Waals surface area contributed by atoms with Crippen LogP contribution in [0.1, 0.15) is 19.8 Å². The summed E-state index contributed by atoms with van der Waals surface area (Å²) < 4.78 is 29.7. The van der Waals surface area contributed by atoms with Gasteiger partial charge in [0.1, 0.15) is 6.61 Å². The van der Waals surface area contributed by atoms with Gasteiger partial charge in [-0.05, 0) is 19.4 Å². The van der Waals surface area contributed by atoms with Gasteiger partial charge in [-0.25, -0.2) is 8.78 Å². The number of nitrogens with one attached hydrogen (secondary N) is 1. The molecule has 1 heterocycles. The van der Waals surface area contributed by atoms with Gasteiger partial charge in [-0.2, -0.15) is 0 Å². The molecule has 0 amide bonds. The van der Waals surface area contributed by atoms with E-state index in [1.807, 2.05) is 0 Å². The molecule has 1 aliphatic rings. The third-order valence-corrected chi connectivity index (χ3v) is 1.82. The molecule has 0 aliphatic carbocycles. The molecular formula is C8H15F2NO. The number of rotatable bonds is 3. The van der Waals surface area contributed by atoms with E-state index in [2.05, 4.69) is 5.32 Å². The van der Waals surface area contributed by atoms with E-state index in [9.17, 15) is 8.78 Å². The van der Waals surface area contributed by atoms with E-state index < -0.39 is 12.5 Å². The third-order valence-electron chi connectivity index (χ3n) is 1.82. The van der Waals surface area contributed by atoms with Crippen LogP contribution < -0.4 is 5.32 Å². The van der Waals surface area contributed by atoms with Crippen molar-refractivity contribution in [3.05, 3.63) is 0 Å². The summed E-state index contributed by atoms with van der Waals surface area (Å²) in [4.78, 5) is 0. The minimum Gasteiger partial charge on any atom is -0.371 e. The first kappa shape index (κ1) is 9.86. The van der Waals surface area contributed by atoms with E-state index in [1.165, 1.54) is 0 Å². The normalized spacial score (nSPS) is 25.8. The van der Waals surface area contributed by atoms with Crippen LogP contribution in [0, 0.1) is 0 Å². The number of hydrogen-bond donors (Lipinski definition) is 1. The van der Waals surface area contributed by atoms with Crippen molar-refractivity contribution in [3.63, 3.8) is 0 Å². The Morgan fingerprint density at radius 1 is 1.58 bits per heavy atom. The second-order valence-electron chi connectivity index (χ2n) is 3.35. The topological polar surface area (TPSA) is 21.3 Å². The first-order valence-electron chi connectivity index (χ1n) is 4.28. The summed E-state index contributed by atoms with van der Waals surface area (Å²) in [6.45, 7) is 2.10. The summed E-state index contributed by atoms with van der Waals surface area (Å²) in [6.07, 6.45) is 1.88. The highest BCUT2D eigenvalue weighted by atomic mass is 19.3. The fourth-order valence-electron chi connectivity index (χ4n) is 1.23. The van der Waals surface area contributed by atoms with Crippen molar-refractivity contribution in [2.45, 2.75) is 31.8 Å². The Bertz CT molecular complexity index is 130. The molecule has 0 aromatic heterocycles. The Hall–Kier alpha value is -0.220. The van der Waals surface area contributed by atoms with Crippen molar-refractivity contribution in [1.82, 2.24) is 5.32 Å². The van der Waals surface area contributed by atoms with Gasteiger partial charge in [0.05, 0.1) is 6.10 Å². The largest absolute Gasteiger partial charge is 0.371 e. The highest BCUT2D eigenvalue weighted by Gasteiger charge is 2.24. The maximum Gasteiger partial charge on any atom is 0.268 e. The van der Waals surface area contributed by atoms with Crippen molar-refractivity contribution in [3.8, 4) is 0 Å². The molecule has 1 N–H and O–H groups in total. The Morgan fingerprint density at radius 2 is 2.33 bits per heavy atom. The van der Waals surface area contributed by atoms with Crippen molar-refractivity contribution in [2.75, 3.05) is 19.7 Å². The molecule has 4 heteroatoms. The highest BCUT2D eigenvalue weighted by Crippen LogP contribution is 2.14. The quantitative estimate of drug-likeness (QED) is 0.707. The predicted octanol–water partition coefficient (Wildman–Crippen LogP) is 1.41. The van der Waals surface area contributed by atoms with Gasteiger partial charge in [0.25, 0.3) is 5.92 Å². The number of hydrogen-bond acceptors (Lipinski definition) is 2. The van der Waals surface area contributed by atoms with E-state index in [-0.39, 0.29) is 6.10 Å². The van der Waals surface area contributed by atoms with Gasteiger partial charge in [0.2, 0.25) is 0 Å². The maximum atomic E-state index is 12.3. The molecule has 1 unspecified atom stereocenters. The van der Waals surface area contributed by atoms with Gasteiger partial charge in [0.15, 0.2) is 0 Å². The van der Waals surface area contributed by atoms with Gasteiger partial charge in [-0.15, -0.1) is 0 Å². The van der Waals surface area contributed by atoms with E-state index in [4.69, 9.17) is 4.74 Å². The lowest BCUT2D eigenvalue weighted by atomic mass is 10.1. The molecule has 1 fully saturated rings. The van der Waals surface area contributed by atoms with Crippen LogP contribution in [0.25, 0.3) is 0 Å². The SMILES string of the molecule is CC(F)(F)COC1CCCNC1. The minimum absolute atomic E-state index is 0.0235. The smallest absolute Gasteiger partial charge is 0.268 e. The molecule has 0 aromatic carbocycles. The molecule has 0 spiro atoms. The zero-order chi connectivity index (χ0) is 9.03. The second-order valence-corrected chi connectivity index (χ2v) is 3.35. The summed E-state index contributed by atoms with van der Waals surface area (Å²) in [6, 6.07) is 0. The third kappa shape index (κ3) is 3.97. The first-order valence-corrected chi connectivity index (χ1v) is 4.28. The summed E-state index contributed by atoms with van der Waals surface area (Å²) >= 11 is 0. The average Bonchev–Trinajstić information content (AvgIpc) is 2.02. The van der Waals surface area contributed by atoms with Crippen molar-refractivity contribution >= 4 is 0 Å². The highest BCUT2D eigenvalue weighted by molar-refractivity contribution is 4.69.